The Morgan fingerprint density at radius 1 is 0.789 bits per heavy atom. The largest absolute Gasteiger partial charge is 0.494 e. The smallest absolute Gasteiger partial charge is 0.262 e. The summed E-state index contributed by atoms with van der Waals surface area (Å²) in [5.41, 5.74) is 5.04. The minimum atomic E-state index is -0.976. The lowest BCUT2D eigenvalue weighted by molar-refractivity contribution is -0.136. The summed E-state index contributed by atoms with van der Waals surface area (Å²) in [5.74, 6) is -0.170. The number of unbranched alkanes of at least 4 members (excludes halogenated alkanes) is 2. The van der Waals surface area contributed by atoms with Crippen LogP contribution in [0.4, 0.5) is 0 Å². The van der Waals surface area contributed by atoms with Gasteiger partial charge in [0.1, 0.15) is 17.9 Å². The molecule has 3 fully saturated rings. The molecule has 3 aromatic heterocycles. The van der Waals surface area contributed by atoms with E-state index in [1.54, 1.807) is 18.2 Å². The number of nitrogens with zero attached hydrogens (tertiary/aromatic N) is 6. The first kappa shape index (κ1) is 36.9. The Morgan fingerprint density at radius 2 is 1.60 bits per heavy atom. The first-order valence-corrected chi connectivity index (χ1v) is 20.2. The van der Waals surface area contributed by atoms with Crippen molar-refractivity contribution in [2.24, 2.45) is 13.0 Å². The third-order valence-electron chi connectivity index (χ3n) is 12.1. The van der Waals surface area contributed by atoms with Crippen LogP contribution in [0.15, 0.2) is 73.2 Å². The Morgan fingerprint density at radius 3 is 2.40 bits per heavy atom. The molecule has 5 aromatic rings. The van der Waals surface area contributed by atoms with E-state index in [-0.39, 0.29) is 30.1 Å². The molecule has 0 spiro atoms. The van der Waals surface area contributed by atoms with Crippen LogP contribution in [-0.4, -0.2) is 111 Å². The molecule has 0 bridgehead atoms. The number of fused-ring (bicyclic) bond motifs is 4. The Balaban J connectivity index is 0.648. The summed E-state index contributed by atoms with van der Waals surface area (Å²) in [5, 5.41) is 4.59. The molecule has 1 unspecified atom stereocenters. The number of ether oxygens (including phenoxy) is 2. The van der Waals surface area contributed by atoms with Gasteiger partial charge in [-0.25, -0.2) is 4.98 Å². The second kappa shape index (κ2) is 15.7. The number of piperidine rings is 1. The number of carbonyl (C=O) groups is 4. The summed E-state index contributed by atoms with van der Waals surface area (Å²) in [4.78, 5) is 64.9. The number of hydrogen-bond donors (Lipinski definition) is 1. The van der Waals surface area contributed by atoms with E-state index in [1.807, 2.05) is 24.7 Å². The van der Waals surface area contributed by atoms with Crippen molar-refractivity contribution < 1.29 is 28.7 Å². The van der Waals surface area contributed by atoms with Crippen LogP contribution < -0.4 is 14.8 Å². The fourth-order valence-electron chi connectivity index (χ4n) is 8.85. The molecule has 2 aromatic carbocycles. The summed E-state index contributed by atoms with van der Waals surface area (Å²) in [6.07, 6.45) is 11.3. The number of carbonyl (C=O) groups excluding carboxylic acids is 4. The van der Waals surface area contributed by atoms with Crippen molar-refractivity contribution in [2.75, 3.05) is 45.9 Å². The molecular weight excluding hydrogens is 723 g/mol. The number of piperazine rings is 1. The van der Waals surface area contributed by atoms with Crippen LogP contribution in [-0.2, 0) is 16.6 Å². The summed E-state index contributed by atoms with van der Waals surface area (Å²) in [7, 11) is 2.10. The highest BCUT2D eigenvalue weighted by molar-refractivity contribution is 6.23. The average Bonchev–Trinajstić information content (AvgIpc) is 3.64. The highest BCUT2D eigenvalue weighted by Gasteiger charge is 2.44. The molecule has 9 rings (SSSR count). The van der Waals surface area contributed by atoms with Gasteiger partial charge in [0.05, 0.1) is 23.3 Å². The van der Waals surface area contributed by atoms with Crippen LogP contribution in [0.1, 0.15) is 65.7 Å². The van der Waals surface area contributed by atoms with Crippen LogP contribution in [0, 0.1) is 5.92 Å². The number of pyridine rings is 2. The van der Waals surface area contributed by atoms with Crippen molar-refractivity contribution in [1.82, 2.24) is 34.6 Å². The Labute approximate surface area is 330 Å². The lowest BCUT2D eigenvalue weighted by atomic mass is 9.82. The molecule has 2 saturated heterocycles. The number of aryl methyl sites for hydroxylation is 1. The highest BCUT2D eigenvalue weighted by Crippen LogP contribution is 2.35. The topological polar surface area (TPSA) is 139 Å². The quantitative estimate of drug-likeness (QED) is 0.125. The number of aromatic nitrogens is 3. The van der Waals surface area contributed by atoms with Gasteiger partial charge < -0.3 is 23.8 Å². The van der Waals surface area contributed by atoms with Gasteiger partial charge in [0.25, 0.3) is 11.8 Å². The van der Waals surface area contributed by atoms with E-state index in [2.05, 4.69) is 67.0 Å². The molecule has 13 heteroatoms. The fraction of sp³-hybridized carbons (Fsp3) is 0.409. The highest BCUT2D eigenvalue weighted by atomic mass is 16.5. The third kappa shape index (κ3) is 7.49. The molecule has 3 aliphatic heterocycles. The zero-order valence-electron chi connectivity index (χ0n) is 32.2. The minimum Gasteiger partial charge on any atom is -0.494 e. The molecule has 57 heavy (non-hydrogen) atoms. The van der Waals surface area contributed by atoms with E-state index in [9.17, 15) is 19.2 Å². The molecule has 6 heterocycles. The van der Waals surface area contributed by atoms with Crippen LogP contribution in [0.3, 0.4) is 0 Å². The van der Waals surface area contributed by atoms with E-state index >= 15 is 0 Å². The summed E-state index contributed by atoms with van der Waals surface area (Å²) < 4.78 is 14.4. The lowest BCUT2D eigenvalue weighted by Gasteiger charge is -2.41. The van der Waals surface area contributed by atoms with E-state index in [0.717, 1.165) is 87.4 Å². The van der Waals surface area contributed by atoms with Gasteiger partial charge >= 0.3 is 0 Å². The third-order valence-corrected chi connectivity index (χ3v) is 12.1. The number of hydrogen-bond acceptors (Lipinski definition) is 10. The van der Waals surface area contributed by atoms with Gasteiger partial charge in [0.2, 0.25) is 17.7 Å². The molecular formula is C44H47N7O6. The first-order valence-electron chi connectivity index (χ1n) is 20.2. The van der Waals surface area contributed by atoms with Gasteiger partial charge in [-0.3, -0.25) is 34.4 Å². The number of imide groups is 2. The summed E-state index contributed by atoms with van der Waals surface area (Å²) >= 11 is 0. The lowest BCUT2D eigenvalue weighted by Crippen LogP contribution is -2.54. The van der Waals surface area contributed by atoms with Crippen LogP contribution >= 0.6 is 0 Å². The normalized spacial score (nSPS) is 21.6. The zero-order valence-corrected chi connectivity index (χ0v) is 32.2. The van der Waals surface area contributed by atoms with Crippen molar-refractivity contribution in [3.8, 4) is 22.8 Å². The second-order valence-electron chi connectivity index (χ2n) is 15.9. The Kier molecular flexibility index (Phi) is 10.2. The Hall–Kier alpha value is -5.66. The zero-order chi connectivity index (χ0) is 39.0. The molecule has 13 nitrogen and oxygen atoms in total. The van der Waals surface area contributed by atoms with Crippen molar-refractivity contribution >= 4 is 45.4 Å². The van der Waals surface area contributed by atoms with Gasteiger partial charge in [-0.15, -0.1) is 0 Å². The monoisotopic (exact) mass is 769 g/mol. The fourth-order valence-corrected chi connectivity index (χ4v) is 8.85. The van der Waals surface area contributed by atoms with E-state index in [0.29, 0.717) is 24.2 Å². The molecule has 0 radical (unpaired) electrons. The standard InChI is InChI=1S/C44H47N7O6/c1-48-37-13-14-45-26-36(37)33-8-5-29(23-39(33)48)30-6-12-41(46-25-30)57-32-21-28(22-32)27-50-18-16-49(17-19-50)15-3-2-4-20-56-31-7-9-34-35(24-31)44(55)51(43(34)54)38-10-11-40(52)47-42(38)53/h5-9,12-14,23-26,28,32,38H,2-4,10-11,15-22,27H2,1H3,(H,47,52,53)/t28-,32-,38?. The summed E-state index contributed by atoms with van der Waals surface area (Å²) in [6.45, 7) is 7.07. The number of rotatable bonds is 13. The van der Waals surface area contributed by atoms with Crippen molar-refractivity contribution in [1.29, 1.82) is 0 Å². The van der Waals surface area contributed by atoms with Crippen molar-refractivity contribution in [3.05, 3.63) is 84.3 Å². The number of benzene rings is 2. The van der Waals surface area contributed by atoms with Crippen molar-refractivity contribution in [2.45, 2.75) is 57.1 Å². The molecule has 294 valence electrons. The molecule has 1 saturated carbocycles. The maximum Gasteiger partial charge on any atom is 0.262 e. The van der Waals surface area contributed by atoms with E-state index < -0.39 is 29.7 Å². The first-order chi connectivity index (χ1) is 27.8. The predicted octanol–water partition coefficient (Wildman–Crippen LogP) is 5.21. The maximum atomic E-state index is 13.1. The average molecular weight is 770 g/mol. The van der Waals surface area contributed by atoms with E-state index in [4.69, 9.17) is 9.47 Å². The molecule has 1 aliphatic carbocycles. The van der Waals surface area contributed by atoms with Gasteiger partial charge in [0, 0.05) is 92.7 Å². The predicted molar refractivity (Wildman–Crippen MR) is 214 cm³/mol. The summed E-state index contributed by atoms with van der Waals surface area (Å²) in [6, 6.07) is 16.6. The molecule has 4 aliphatic rings. The van der Waals surface area contributed by atoms with Crippen LogP contribution in [0.25, 0.3) is 32.9 Å². The van der Waals surface area contributed by atoms with Gasteiger partial charge in [-0.05, 0) is 92.9 Å². The van der Waals surface area contributed by atoms with Gasteiger partial charge in [-0.2, -0.15) is 0 Å². The molecule has 1 N–H and O–H groups in total. The van der Waals surface area contributed by atoms with E-state index in [1.165, 1.54) is 21.8 Å². The van der Waals surface area contributed by atoms with Crippen LogP contribution in [0.5, 0.6) is 11.6 Å². The van der Waals surface area contributed by atoms with Crippen LogP contribution in [0.2, 0.25) is 0 Å². The second-order valence-corrected chi connectivity index (χ2v) is 15.9. The SMILES string of the molecule is Cn1c2ccncc2c2ccc(-c3ccc(O[C@H]4C[C@H](CN5CCN(CCCCCOc6ccc7c(c6)C(=O)N(C6CCC(=O)NC6=O)C7=O)CC5)C4)nc3)cc21. The molecule has 4 amide bonds. The number of amides is 4. The van der Waals surface area contributed by atoms with Gasteiger partial charge in [-0.1, -0.05) is 12.1 Å². The Bertz CT molecular complexity index is 2340. The van der Waals surface area contributed by atoms with Crippen molar-refractivity contribution in [3.63, 3.8) is 0 Å². The number of nitrogens with one attached hydrogen (secondary N) is 1. The molecule has 1 atom stereocenters. The maximum absolute atomic E-state index is 13.1. The van der Waals surface area contributed by atoms with Gasteiger partial charge in [0.15, 0.2) is 0 Å². The minimum absolute atomic E-state index is 0.0910.